The molecule has 3 aromatic rings. The van der Waals surface area contributed by atoms with Gasteiger partial charge in [0.2, 0.25) is 11.8 Å². The highest BCUT2D eigenvalue weighted by Crippen LogP contribution is 2.42. The number of hydrogen-bond acceptors (Lipinski definition) is 5. The Balaban J connectivity index is 1.76. The molecule has 0 unspecified atom stereocenters. The molecular formula is C30H33N3O4. The highest BCUT2D eigenvalue weighted by Gasteiger charge is 2.33. The molecule has 0 saturated carbocycles. The van der Waals surface area contributed by atoms with Crippen LogP contribution < -0.4 is 20.3 Å². The number of nitrogens with zero attached hydrogens (tertiary/aromatic N) is 1. The quantitative estimate of drug-likeness (QED) is 0.377. The van der Waals surface area contributed by atoms with Crippen LogP contribution in [0.5, 0.6) is 5.75 Å². The van der Waals surface area contributed by atoms with Crippen molar-refractivity contribution in [1.29, 1.82) is 0 Å². The van der Waals surface area contributed by atoms with Crippen LogP contribution in [-0.4, -0.2) is 32.1 Å². The first-order chi connectivity index (χ1) is 17.7. The summed E-state index contributed by atoms with van der Waals surface area (Å²) in [5.74, 6) is 1.13. The standard InChI is InChI=1S/C30H33N3O4/c1-18-14-28(32-27-12-10-22(19(2)36-5)17-30(27)37-6)26-16-24(11-13-29(26)33(18)21(4)35)23-8-7-9-25(15-23)31-20(3)34/h7-13,15-18,28,32H,2,14H2,1,3-6H3,(H,31,34)/t18-,28+/m0/s1. The van der Waals surface area contributed by atoms with E-state index in [1.807, 2.05) is 59.5 Å². The van der Waals surface area contributed by atoms with Gasteiger partial charge < -0.3 is 25.0 Å². The summed E-state index contributed by atoms with van der Waals surface area (Å²) in [5.41, 5.74) is 6.28. The molecule has 1 heterocycles. The normalized spacial score (nSPS) is 16.4. The molecule has 0 aromatic heterocycles. The Kier molecular flexibility index (Phi) is 7.53. The fraction of sp³-hybridized carbons (Fsp3) is 0.267. The lowest BCUT2D eigenvalue weighted by molar-refractivity contribution is -0.117. The number of hydrogen-bond donors (Lipinski definition) is 2. The Hall–Kier alpha value is -4.26. The van der Waals surface area contributed by atoms with E-state index in [0.717, 1.165) is 45.7 Å². The van der Waals surface area contributed by atoms with Crippen molar-refractivity contribution in [1.82, 2.24) is 0 Å². The molecule has 1 aliphatic heterocycles. The second-order valence-electron chi connectivity index (χ2n) is 9.25. The monoisotopic (exact) mass is 499 g/mol. The Morgan fingerprint density at radius 1 is 1.00 bits per heavy atom. The lowest BCUT2D eigenvalue weighted by Gasteiger charge is -2.40. The average Bonchev–Trinajstić information content (AvgIpc) is 2.87. The maximum absolute atomic E-state index is 12.6. The maximum atomic E-state index is 12.6. The first-order valence-electron chi connectivity index (χ1n) is 12.2. The van der Waals surface area contributed by atoms with Crippen LogP contribution in [0.25, 0.3) is 16.9 Å². The third-order valence-corrected chi connectivity index (χ3v) is 6.64. The Morgan fingerprint density at radius 3 is 2.43 bits per heavy atom. The van der Waals surface area contributed by atoms with E-state index in [9.17, 15) is 9.59 Å². The van der Waals surface area contributed by atoms with Crippen LogP contribution in [0.1, 0.15) is 44.4 Å². The van der Waals surface area contributed by atoms with Gasteiger partial charge in [-0.1, -0.05) is 24.8 Å². The second-order valence-corrected chi connectivity index (χ2v) is 9.25. The molecule has 192 valence electrons. The molecule has 0 spiro atoms. The largest absolute Gasteiger partial charge is 0.497 e. The number of benzene rings is 3. The van der Waals surface area contributed by atoms with Crippen molar-refractivity contribution in [2.75, 3.05) is 29.8 Å². The zero-order chi connectivity index (χ0) is 26.7. The van der Waals surface area contributed by atoms with Crippen molar-refractivity contribution in [3.63, 3.8) is 0 Å². The molecule has 7 nitrogen and oxygen atoms in total. The molecule has 1 aliphatic rings. The molecule has 2 amide bonds. The van der Waals surface area contributed by atoms with Gasteiger partial charge in [0.05, 0.1) is 25.9 Å². The minimum Gasteiger partial charge on any atom is -0.497 e. The van der Waals surface area contributed by atoms with E-state index in [-0.39, 0.29) is 23.9 Å². The second kappa shape index (κ2) is 10.8. The number of rotatable bonds is 7. The number of nitrogens with one attached hydrogen (secondary N) is 2. The van der Waals surface area contributed by atoms with Gasteiger partial charge in [0.25, 0.3) is 0 Å². The summed E-state index contributed by atoms with van der Waals surface area (Å²) in [5, 5.41) is 6.50. The van der Waals surface area contributed by atoms with Crippen LogP contribution >= 0.6 is 0 Å². The van der Waals surface area contributed by atoms with Crippen molar-refractivity contribution in [3.8, 4) is 16.9 Å². The molecule has 0 fully saturated rings. The maximum Gasteiger partial charge on any atom is 0.224 e. The summed E-state index contributed by atoms with van der Waals surface area (Å²) in [6.45, 7) is 9.08. The molecule has 7 heteroatoms. The van der Waals surface area contributed by atoms with E-state index in [1.165, 1.54) is 6.92 Å². The predicted octanol–water partition coefficient (Wildman–Crippen LogP) is 6.24. The Labute approximate surface area is 218 Å². The number of ether oxygens (including phenoxy) is 2. The van der Waals surface area contributed by atoms with Gasteiger partial charge in [-0.05, 0) is 72.5 Å². The zero-order valence-corrected chi connectivity index (χ0v) is 21.9. The lowest BCUT2D eigenvalue weighted by atomic mass is 9.88. The molecule has 4 rings (SSSR count). The van der Waals surface area contributed by atoms with E-state index >= 15 is 0 Å². The van der Waals surface area contributed by atoms with Crippen LogP contribution in [0, 0.1) is 0 Å². The van der Waals surface area contributed by atoms with Crippen molar-refractivity contribution in [2.45, 2.75) is 39.3 Å². The first kappa shape index (κ1) is 25.8. The molecular weight excluding hydrogens is 466 g/mol. The van der Waals surface area contributed by atoms with Gasteiger partial charge in [-0.25, -0.2) is 0 Å². The molecule has 3 aromatic carbocycles. The zero-order valence-electron chi connectivity index (χ0n) is 21.9. The minimum atomic E-state index is -0.119. The van der Waals surface area contributed by atoms with Crippen LogP contribution in [0.3, 0.4) is 0 Å². The summed E-state index contributed by atoms with van der Waals surface area (Å²) in [4.78, 5) is 26.0. The molecule has 2 N–H and O–H groups in total. The molecule has 37 heavy (non-hydrogen) atoms. The van der Waals surface area contributed by atoms with Gasteiger partial charge in [-0.3, -0.25) is 9.59 Å². The Bertz CT molecular complexity index is 1350. The highest BCUT2D eigenvalue weighted by atomic mass is 16.5. The number of anilines is 3. The number of fused-ring (bicyclic) bond motifs is 1. The van der Waals surface area contributed by atoms with Gasteiger partial charge >= 0.3 is 0 Å². The summed E-state index contributed by atoms with van der Waals surface area (Å²) >= 11 is 0. The van der Waals surface area contributed by atoms with Crippen molar-refractivity contribution < 1.29 is 19.1 Å². The highest BCUT2D eigenvalue weighted by molar-refractivity contribution is 5.94. The fourth-order valence-corrected chi connectivity index (χ4v) is 4.93. The number of carbonyl (C=O) groups excluding carboxylic acids is 2. The van der Waals surface area contributed by atoms with E-state index in [0.29, 0.717) is 11.5 Å². The van der Waals surface area contributed by atoms with Gasteiger partial charge in [0, 0.05) is 36.8 Å². The third-order valence-electron chi connectivity index (χ3n) is 6.64. The lowest BCUT2D eigenvalue weighted by Crippen LogP contribution is -2.43. The SMILES string of the molecule is C=C(OC)c1ccc(N[C@@H]2C[C@H](C)N(C(C)=O)c3ccc(-c4cccc(NC(C)=O)c4)cc32)c(OC)c1. The van der Waals surface area contributed by atoms with E-state index in [4.69, 9.17) is 9.47 Å². The van der Waals surface area contributed by atoms with Crippen LogP contribution in [0.2, 0.25) is 0 Å². The summed E-state index contributed by atoms with van der Waals surface area (Å²) in [6, 6.07) is 19.6. The van der Waals surface area contributed by atoms with Crippen molar-refractivity contribution in [2.24, 2.45) is 0 Å². The van der Waals surface area contributed by atoms with E-state index < -0.39 is 0 Å². The smallest absolute Gasteiger partial charge is 0.224 e. The number of amides is 2. The van der Waals surface area contributed by atoms with Gasteiger partial charge in [-0.2, -0.15) is 0 Å². The molecule has 2 atom stereocenters. The minimum absolute atomic E-state index is 0.00705. The third kappa shape index (κ3) is 5.45. The van der Waals surface area contributed by atoms with Crippen molar-refractivity contribution >= 4 is 34.6 Å². The molecule has 0 bridgehead atoms. The summed E-state index contributed by atoms with van der Waals surface area (Å²) in [7, 11) is 3.22. The van der Waals surface area contributed by atoms with E-state index in [2.05, 4.69) is 30.2 Å². The van der Waals surface area contributed by atoms with E-state index in [1.54, 1.807) is 21.1 Å². The van der Waals surface area contributed by atoms with Crippen LogP contribution in [-0.2, 0) is 14.3 Å². The first-order valence-corrected chi connectivity index (χ1v) is 12.2. The van der Waals surface area contributed by atoms with Gasteiger partial charge in [0.15, 0.2) is 0 Å². The van der Waals surface area contributed by atoms with Crippen LogP contribution in [0.4, 0.5) is 17.1 Å². The van der Waals surface area contributed by atoms with Crippen molar-refractivity contribution in [3.05, 3.63) is 78.4 Å². The fourth-order valence-electron chi connectivity index (χ4n) is 4.93. The predicted molar refractivity (Wildman–Crippen MR) is 149 cm³/mol. The van der Waals surface area contributed by atoms with Gasteiger partial charge in [-0.15, -0.1) is 0 Å². The topological polar surface area (TPSA) is 79.9 Å². The summed E-state index contributed by atoms with van der Waals surface area (Å²) < 4.78 is 11.0. The molecule has 0 saturated heterocycles. The van der Waals surface area contributed by atoms with Gasteiger partial charge in [0.1, 0.15) is 11.5 Å². The Morgan fingerprint density at radius 2 is 1.76 bits per heavy atom. The molecule has 0 aliphatic carbocycles. The summed E-state index contributed by atoms with van der Waals surface area (Å²) in [6.07, 6.45) is 0.720. The number of methoxy groups -OCH3 is 2. The van der Waals surface area contributed by atoms with Crippen LogP contribution in [0.15, 0.2) is 67.2 Å². The molecule has 0 radical (unpaired) electrons. The average molecular weight is 500 g/mol. The number of carbonyl (C=O) groups is 2.